The molecule has 2 radical (unpaired) electrons. The highest BCUT2D eigenvalue weighted by Crippen LogP contribution is 2.38. The molecular weight excluding hydrogens is 248 g/mol. The lowest BCUT2D eigenvalue weighted by molar-refractivity contribution is -0.138. The van der Waals surface area contributed by atoms with Crippen molar-refractivity contribution < 1.29 is 4.79 Å². The summed E-state index contributed by atoms with van der Waals surface area (Å²) in [6.45, 7) is 3.41. The highest BCUT2D eigenvalue weighted by atomic mass is 16.2. The molecule has 3 heteroatoms. The van der Waals surface area contributed by atoms with Gasteiger partial charge < -0.3 is 4.90 Å². The van der Waals surface area contributed by atoms with Crippen LogP contribution in [0.5, 0.6) is 0 Å². The number of amides is 1. The van der Waals surface area contributed by atoms with Crippen LogP contribution in [-0.4, -0.2) is 41.9 Å². The van der Waals surface area contributed by atoms with Crippen molar-refractivity contribution >= 4 is 5.91 Å². The molecular formula is C17H22N2O. The van der Waals surface area contributed by atoms with E-state index in [1.807, 2.05) is 23.1 Å². The molecule has 2 aliphatic rings. The Labute approximate surface area is 121 Å². The fraction of sp³-hybridized carbons (Fsp3) is 0.529. The zero-order valence-electron chi connectivity index (χ0n) is 11.9. The minimum absolute atomic E-state index is 0.314. The summed E-state index contributed by atoms with van der Waals surface area (Å²) in [5.74, 6) is 0.314. The van der Waals surface area contributed by atoms with E-state index < -0.39 is 0 Å². The zero-order valence-corrected chi connectivity index (χ0v) is 11.9. The van der Waals surface area contributed by atoms with Crippen molar-refractivity contribution in [1.82, 2.24) is 9.80 Å². The second kappa shape index (κ2) is 5.57. The first-order valence-corrected chi connectivity index (χ1v) is 7.57. The molecule has 0 saturated carbocycles. The highest BCUT2D eigenvalue weighted by Gasteiger charge is 2.44. The lowest BCUT2D eigenvalue weighted by atomic mass is 9.71. The van der Waals surface area contributed by atoms with Crippen LogP contribution in [0, 0.1) is 7.05 Å². The van der Waals surface area contributed by atoms with Crippen molar-refractivity contribution in [2.24, 2.45) is 0 Å². The molecule has 20 heavy (non-hydrogen) atoms. The van der Waals surface area contributed by atoms with Crippen LogP contribution in [0.25, 0.3) is 0 Å². The summed E-state index contributed by atoms with van der Waals surface area (Å²) < 4.78 is 0. The van der Waals surface area contributed by atoms with Crippen molar-refractivity contribution in [3.8, 4) is 0 Å². The van der Waals surface area contributed by atoms with E-state index in [0.717, 1.165) is 57.4 Å². The molecule has 0 atom stereocenters. The topological polar surface area (TPSA) is 23.6 Å². The summed E-state index contributed by atoms with van der Waals surface area (Å²) in [5, 5.41) is 0. The molecule has 106 valence electrons. The van der Waals surface area contributed by atoms with E-state index in [1.54, 1.807) is 0 Å². The predicted molar refractivity (Wildman–Crippen MR) is 79.0 cm³/mol. The van der Waals surface area contributed by atoms with Crippen molar-refractivity contribution in [2.45, 2.75) is 31.1 Å². The highest BCUT2D eigenvalue weighted by molar-refractivity contribution is 5.88. The van der Waals surface area contributed by atoms with Gasteiger partial charge >= 0.3 is 0 Å². The number of benzene rings is 1. The summed E-state index contributed by atoms with van der Waals surface area (Å²) in [4.78, 5) is 17.0. The van der Waals surface area contributed by atoms with Gasteiger partial charge in [-0.2, -0.15) is 0 Å². The Morgan fingerprint density at radius 1 is 1.00 bits per heavy atom. The van der Waals surface area contributed by atoms with E-state index in [1.165, 1.54) is 0 Å². The third kappa shape index (κ3) is 2.35. The second-order valence-corrected chi connectivity index (χ2v) is 5.98. The molecule has 3 nitrogen and oxygen atoms in total. The van der Waals surface area contributed by atoms with Crippen LogP contribution in [0.1, 0.15) is 31.2 Å². The van der Waals surface area contributed by atoms with E-state index in [9.17, 15) is 4.79 Å². The fourth-order valence-corrected chi connectivity index (χ4v) is 3.51. The van der Waals surface area contributed by atoms with Gasteiger partial charge in [0.1, 0.15) is 0 Å². The van der Waals surface area contributed by atoms with E-state index in [4.69, 9.17) is 7.05 Å². The number of carbonyl (C=O) groups is 1. The quantitative estimate of drug-likeness (QED) is 0.823. The molecule has 0 N–H and O–H groups in total. The fourth-order valence-electron chi connectivity index (χ4n) is 3.51. The predicted octanol–water partition coefficient (Wildman–Crippen LogP) is 2.31. The van der Waals surface area contributed by atoms with Gasteiger partial charge in [-0.05, 0) is 44.3 Å². The summed E-state index contributed by atoms with van der Waals surface area (Å²) >= 11 is 0. The maximum atomic E-state index is 13.1. The van der Waals surface area contributed by atoms with Gasteiger partial charge in [0.15, 0.2) is 0 Å². The van der Waals surface area contributed by atoms with Gasteiger partial charge in [-0.3, -0.25) is 9.69 Å². The van der Waals surface area contributed by atoms with Crippen LogP contribution in [0.3, 0.4) is 0 Å². The molecule has 2 saturated heterocycles. The summed E-state index contributed by atoms with van der Waals surface area (Å²) in [5.41, 5.74) is 0.798. The standard InChI is InChI=1S/C17H22N2O/c1-18-13-9-17(10-14-18,15-7-3-2-4-8-15)16(20)19-11-5-6-12-19/h1-4,7-8H,5-6,9-14H2. The second-order valence-electron chi connectivity index (χ2n) is 5.98. The Hall–Kier alpha value is -1.35. The van der Waals surface area contributed by atoms with E-state index >= 15 is 0 Å². The van der Waals surface area contributed by atoms with Crippen molar-refractivity contribution in [3.05, 3.63) is 42.9 Å². The molecule has 0 unspecified atom stereocenters. The Morgan fingerprint density at radius 2 is 1.60 bits per heavy atom. The van der Waals surface area contributed by atoms with Gasteiger partial charge in [-0.15, -0.1) is 0 Å². The average Bonchev–Trinajstić information content (AvgIpc) is 3.03. The lowest BCUT2D eigenvalue weighted by Crippen LogP contribution is -2.51. The minimum atomic E-state index is -0.360. The smallest absolute Gasteiger partial charge is 0.233 e. The molecule has 1 aromatic carbocycles. The Balaban J connectivity index is 1.93. The van der Waals surface area contributed by atoms with Crippen LogP contribution in [0.15, 0.2) is 30.3 Å². The lowest BCUT2D eigenvalue weighted by Gasteiger charge is -2.41. The molecule has 1 aromatic rings. The maximum absolute atomic E-state index is 13.1. The van der Waals surface area contributed by atoms with Gasteiger partial charge in [-0.1, -0.05) is 30.3 Å². The van der Waals surface area contributed by atoms with Gasteiger partial charge in [0.2, 0.25) is 5.91 Å². The van der Waals surface area contributed by atoms with Gasteiger partial charge in [0.05, 0.1) is 5.41 Å². The van der Waals surface area contributed by atoms with E-state index in [2.05, 4.69) is 17.0 Å². The molecule has 0 bridgehead atoms. The number of carbonyl (C=O) groups excluding carboxylic acids is 1. The Morgan fingerprint density at radius 3 is 2.20 bits per heavy atom. The number of hydrogen-bond donors (Lipinski definition) is 0. The number of piperidine rings is 1. The first kappa shape index (κ1) is 13.6. The monoisotopic (exact) mass is 270 g/mol. The molecule has 0 aliphatic carbocycles. The van der Waals surface area contributed by atoms with Crippen LogP contribution >= 0.6 is 0 Å². The molecule has 2 fully saturated rings. The molecule has 3 rings (SSSR count). The van der Waals surface area contributed by atoms with E-state index in [0.29, 0.717) is 5.91 Å². The summed E-state index contributed by atoms with van der Waals surface area (Å²) in [6, 6.07) is 10.3. The van der Waals surface area contributed by atoms with Gasteiger partial charge in [-0.25, -0.2) is 0 Å². The number of nitrogens with zero attached hydrogens (tertiary/aromatic N) is 2. The summed E-state index contributed by atoms with van der Waals surface area (Å²) in [7, 11) is 5.90. The molecule has 0 aromatic heterocycles. The summed E-state index contributed by atoms with van der Waals surface area (Å²) in [6.07, 6.45) is 3.92. The SMILES string of the molecule is [CH]N1CCC(C(=O)N2CCCC2)(c2ccccc2)CC1. The molecule has 1 amide bonds. The van der Waals surface area contributed by atoms with Gasteiger partial charge in [0.25, 0.3) is 0 Å². The largest absolute Gasteiger partial charge is 0.342 e. The third-order valence-corrected chi connectivity index (χ3v) is 4.78. The number of rotatable bonds is 2. The Kier molecular flexibility index (Phi) is 3.79. The zero-order chi connectivity index (χ0) is 14.0. The Bertz CT molecular complexity index is 457. The van der Waals surface area contributed by atoms with Gasteiger partial charge in [0, 0.05) is 20.1 Å². The first-order chi connectivity index (χ1) is 9.72. The molecule has 2 aliphatic heterocycles. The normalized spacial score (nSPS) is 22.9. The van der Waals surface area contributed by atoms with Crippen molar-refractivity contribution in [3.63, 3.8) is 0 Å². The minimum Gasteiger partial charge on any atom is -0.342 e. The first-order valence-electron chi connectivity index (χ1n) is 7.57. The number of likely N-dealkylation sites (tertiary alicyclic amines) is 2. The van der Waals surface area contributed by atoms with Crippen LogP contribution in [0.2, 0.25) is 0 Å². The van der Waals surface area contributed by atoms with Crippen LogP contribution < -0.4 is 0 Å². The van der Waals surface area contributed by atoms with Crippen molar-refractivity contribution in [2.75, 3.05) is 26.2 Å². The van der Waals surface area contributed by atoms with Crippen molar-refractivity contribution in [1.29, 1.82) is 0 Å². The van der Waals surface area contributed by atoms with Crippen LogP contribution in [-0.2, 0) is 10.2 Å². The molecule has 0 spiro atoms. The third-order valence-electron chi connectivity index (χ3n) is 4.78. The number of hydrogen-bond acceptors (Lipinski definition) is 2. The average molecular weight is 270 g/mol. The maximum Gasteiger partial charge on any atom is 0.233 e. The van der Waals surface area contributed by atoms with Crippen LogP contribution in [0.4, 0.5) is 0 Å². The van der Waals surface area contributed by atoms with E-state index in [-0.39, 0.29) is 5.41 Å². The molecule has 2 heterocycles.